The Morgan fingerprint density at radius 2 is 1.64 bits per heavy atom. The lowest BCUT2D eigenvalue weighted by Crippen LogP contribution is -2.09. The largest absolute Gasteiger partial charge is 0.325 e. The van der Waals surface area contributed by atoms with Gasteiger partial charge in [-0.25, -0.2) is 0 Å². The van der Waals surface area contributed by atoms with Crippen LogP contribution in [0.2, 0.25) is 0 Å². The van der Waals surface area contributed by atoms with Crippen LogP contribution < -0.4 is 0 Å². The molecule has 0 aromatic rings. The summed E-state index contributed by atoms with van der Waals surface area (Å²) in [7, 11) is -3.46. The van der Waals surface area contributed by atoms with E-state index in [1.807, 2.05) is 0 Å². The number of nitrogens with zero attached hydrogens (tertiary/aromatic N) is 1. The molecule has 0 aromatic heterocycles. The molecule has 4 nitrogen and oxygen atoms in total. The van der Waals surface area contributed by atoms with Crippen LogP contribution in [0.15, 0.2) is 5.16 Å². The summed E-state index contributed by atoms with van der Waals surface area (Å²) >= 11 is 0. The molecule has 0 N–H and O–H groups in total. The second kappa shape index (κ2) is 11.0. The van der Waals surface area contributed by atoms with Gasteiger partial charge in [-0.05, 0) is 25.7 Å². The van der Waals surface area contributed by atoms with Crippen LogP contribution in [-0.4, -0.2) is 20.4 Å². The molecular weight excluding hydrogens is 298 g/mol. The van der Waals surface area contributed by atoms with Crippen LogP contribution in [0.3, 0.4) is 0 Å². The molecule has 0 radical (unpaired) electrons. The fourth-order valence-corrected chi connectivity index (χ4v) is 3.38. The smallest absolute Gasteiger partial charge is 0.269 e. The van der Waals surface area contributed by atoms with Gasteiger partial charge in [0.2, 0.25) is 0 Å². The predicted molar refractivity (Wildman–Crippen MR) is 92.5 cm³/mol. The number of rotatable bonds is 12. The summed E-state index contributed by atoms with van der Waals surface area (Å²) in [6, 6.07) is 0. The van der Waals surface area contributed by atoms with Gasteiger partial charge in [0, 0.05) is 5.92 Å². The predicted octanol–water partition coefficient (Wildman–Crippen LogP) is 5.04. The second-order valence-electron chi connectivity index (χ2n) is 6.57. The Kier molecular flexibility index (Phi) is 9.76. The van der Waals surface area contributed by atoms with Gasteiger partial charge in [0.1, 0.15) is 0 Å². The standard InChI is InChI=1S/C17H33NO3S/c1-3-4-5-6-7-8-9-10-11-13-16-14-12-15-17(16)18-21-22(2,19)20/h16H,3-15H2,1-2H3/b18-17+. The molecular formula is C17H33NO3S. The lowest BCUT2D eigenvalue weighted by atomic mass is 9.97. The Bertz CT molecular complexity index is 418. The van der Waals surface area contributed by atoms with Crippen LogP contribution in [0.25, 0.3) is 0 Å². The number of hydrogen-bond acceptors (Lipinski definition) is 4. The van der Waals surface area contributed by atoms with Crippen molar-refractivity contribution in [2.75, 3.05) is 6.26 Å². The van der Waals surface area contributed by atoms with E-state index in [4.69, 9.17) is 0 Å². The van der Waals surface area contributed by atoms with E-state index in [0.29, 0.717) is 5.92 Å². The third kappa shape index (κ3) is 9.44. The molecule has 1 saturated carbocycles. The molecule has 1 rings (SSSR count). The van der Waals surface area contributed by atoms with E-state index in [0.717, 1.165) is 37.7 Å². The zero-order valence-electron chi connectivity index (χ0n) is 14.3. The first-order chi connectivity index (χ1) is 10.5. The van der Waals surface area contributed by atoms with E-state index in [-0.39, 0.29) is 0 Å². The normalized spacial score (nSPS) is 20.6. The average Bonchev–Trinajstić information content (AvgIpc) is 2.90. The fourth-order valence-electron chi connectivity index (χ4n) is 3.15. The third-order valence-corrected chi connectivity index (χ3v) is 4.75. The third-order valence-electron chi connectivity index (χ3n) is 4.40. The molecule has 1 unspecified atom stereocenters. The van der Waals surface area contributed by atoms with Gasteiger partial charge in [0.05, 0.1) is 12.0 Å². The van der Waals surface area contributed by atoms with Crippen molar-refractivity contribution in [1.29, 1.82) is 0 Å². The maximum absolute atomic E-state index is 11.0. The molecule has 130 valence electrons. The van der Waals surface area contributed by atoms with Crippen molar-refractivity contribution in [1.82, 2.24) is 0 Å². The van der Waals surface area contributed by atoms with Gasteiger partial charge < -0.3 is 0 Å². The van der Waals surface area contributed by atoms with Crippen LogP contribution in [0.5, 0.6) is 0 Å². The van der Waals surface area contributed by atoms with Crippen molar-refractivity contribution in [3.8, 4) is 0 Å². The van der Waals surface area contributed by atoms with Crippen LogP contribution in [-0.2, 0) is 14.4 Å². The van der Waals surface area contributed by atoms with Crippen molar-refractivity contribution in [2.45, 2.75) is 90.4 Å². The van der Waals surface area contributed by atoms with Gasteiger partial charge in [0.25, 0.3) is 0 Å². The van der Waals surface area contributed by atoms with Crippen molar-refractivity contribution >= 4 is 15.8 Å². The van der Waals surface area contributed by atoms with Gasteiger partial charge in [-0.1, -0.05) is 69.9 Å². The maximum atomic E-state index is 11.0. The number of unbranched alkanes of at least 4 members (excludes halogenated alkanes) is 8. The van der Waals surface area contributed by atoms with E-state index in [1.165, 1.54) is 57.8 Å². The Balaban J connectivity index is 2.08. The van der Waals surface area contributed by atoms with Gasteiger partial charge in [0.15, 0.2) is 0 Å². The highest BCUT2D eigenvalue weighted by atomic mass is 32.2. The van der Waals surface area contributed by atoms with E-state index < -0.39 is 10.1 Å². The van der Waals surface area contributed by atoms with Crippen LogP contribution in [0.1, 0.15) is 90.4 Å². The summed E-state index contributed by atoms with van der Waals surface area (Å²) in [5.41, 5.74) is 0.949. The first-order valence-electron chi connectivity index (χ1n) is 8.98. The van der Waals surface area contributed by atoms with Gasteiger partial charge in [-0.3, -0.25) is 4.28 Å². The van der Waals surface area contributed by atoms with Crippen LogP contribution in [0, 0.1) is 5.92 Å². The quantitative estimate of drug-likeness (QED) is 0.372. The summed E-state index contributed by atoms with van der Waals surface area (Å²) in [6.07, 6.45) is 17.3. The number of oxime groups is 1. The van der Waals surface area contributed by atoms with Crippen molar-refractivity contribution in [3.05, 3.63) is 0 Å². The first-order valence-corrected chi connectivity index (χ1v) is 10.8. The van der Waals surface area contributed by atoms with Gasteiger partial charge in [-0.2, -0.15) is 8.42 Å². The number of hydrogen-bond donors (Lipinski definition) is 0. The summed E-state index contributed by atoms with van der Waals surface area (Å²) in [5, 5.41) is 3.86. The molecule has 0 aliphatic heterocycles. The molecule has 0 spiro atoms. The lowest BCUT2D eigenvalue weighted by molar-refractivity contribution is 0.338. The summed E-state index contributed by atoms with van der Waals surface area (Å²) < 4.78 is 26.6. The van der Waals surface area contributed by atoms with Crippen molar-refractivity contribution < 1.29 is 12.7 Å². The Morgan fingerprint density at radius 1 is 1.05 bits per heavy atom. The first kappa shape index (κ1) is 19.5. The minimum atomic E-state index is -3.46. The van der Waals surface area contributed by atoms with Gasteiger partial charge in [-0.15, -0.1) is 0 Å². The maximum Gasteiger partial charge on any atom is 0.325 e. The molecule has 5 heteroatoms. The van der Waals surface area contributed by atoms with Crippen molar-refractivity contribution in [2.24, 2.45) is 11.1 Å². The van der Waals surface area contributed by atoms with E-state index in [2.05, 4.69) is 16.4 Å². The molecule has 22 heavy (non-hydrogen) atoms. The Labute approximate surface area is 136 Å². The van der Waals surface area contributed by atoms with Crippen LogP contribution >= 0.6 is 0 Å². The average molecular weight is 332 g/mol. The highest BCUT2D eigenvalue weighted by molar-refractivity contribution is 7.85. The molecule has 1 aliphatic rings. The van der Waals surface area contributed by atoms with E-state index in [1.54, 1.807) is 0 Å². The van der Waals surface area contributed by atoms with E-state index in [9.17, 15) is 8.42 Å². The monoisotopic (exact) mass is 331 g/mol. The summed E-state index contributed by atoms with van der Waals surface area (Å²) in [4.78, 5) is 0. The second-order valence-corrected chi connectivity index (χ2v) is 8.12. The van der Waals surface area contributed by atoms with Crippen LogP contribution in [0.4, 0.5) is 0 Å². The summed E-state index contributed by atoms with van der Waals surface area (Å²) in [5.74, 6) is 0.436. The molecule has 1 atom stereocenters. The highest BCUT2D eigenvalue weighted by Gasteiger charge is 2.23. The van der Waals surface area contributed by atoms with Gasteiger partial charge >= 0.3 is 10.1 Å². The summed E-state index contributed by atoms with van der Waals surface area (Å²) in [6.45, 7) is 2.25. The molecule has 0 amide bonds. The Morgan fingerprint density at radius 3 is 2.23 bits per heavy atom. The molecule has 0 bridgehead atoms. The Hall–Kier alpha value is -0.580. The van der Waals surface area contributed by atoms with E-state index >= 15 is 0 Å². The fraction of sp³-hybridized carbons (Fsp3) is 0.941. The molecule has 1 aliphatic carbocycles. The topological polar surface area (TPSA) is 55.7 Å². The minimum Gasteiger partial charge on any atom is -0.269 e. The van der Waals surface area contributed by atoms with Crippen molar-refractivity contribution in [3.63, 3.8) is 0 Å². The lowest BCUT2D eigenvalue weighted by Gasteiger charge is -2.10. The zero-order chi connectivity index (χ0) is 16.3. The molecule has 0 saturated heterocycles. The SMILES string of the molecule is CCCCCCCCCCCC1CCC/C1=N\OS(C)(=O)=O. The molecule has 1 fully saturated rings. The molecule has 0 aromatic carbocycles. The molecule has 0 heterocycles. The minimum absolute atomic E-state index is 0.436. The highest BCUT2D eigenvalue weighted by Crippen LogP contribution is 2.28. The zero-order valence-corrected chi connectivity index (χ0v) is 15.2.